The third kappa shape index (κ3) is 3.44. The Morgan fingerprint density at radius 1 is 1.28 bits per heavy atom. The number of nitrogens with zero attached hydrogens (tertiary/aromatic N) is 1. The molecule has 2 aliphatic rings. The number of imide groups is 1. The Balaban J connectivity index is 1.48. The molecule has 6 nitrogen and oxygen atoms in total. The summed E-state index contributed by atoms with van der Waals surface area (Å²) in [5.41, 5.74) is 2.04. The van der Waals surface area contributed by atoms with E-state index in [1.54, 1.807) is 11.3 Å². The molecule has 1 aliphatic heterocycles. The molecule has 0 unspecified atom stereocenters. The Morgan fingerprint density at radius 3 is 2.76 bits per heavy atom. The number of carbonyl (C=O) groups excluding carboxylic acids is 3. The zero-order chi connectivity index (χ0) is 20.6. The van der Waals surface area contributed by atoms with E-state index in [4.69, 9.17) is 0 Å². The van der Waals surface area contributed by atoms with Crippen LogP contribution in [0.4, 0.5) is 4.79 Å². The third-order valence-corrected chi connectivity index (χ3v) is 6.84. The SMILES string of the molecule is CC[C@@H](NC(=O)CN1C(=O)N[C@]2(CCCc3sccc32)C1=O)c1ccc(C)cc1. The average Bonchev–Trinajstić information content (AvgIpc) is 3.28. The number of hydrogen-bond acceptors (Lipinski definition) is 4. The lowest BCUT2D eigenvalue weighted by Gasteiger charge is -2.31. The van der Waals surface area contributed by atoms with Gasteiger partial charge in [-0.2, -0.15) is 0 Å². The van der Waals surface area contributed by atoms with Gasteiger partial charge in [-0.3, -0.25) is 14.5 Å². The average molecular weight is 412 g/mol. The summed E-state index contributed by atoms with van der Waals surface area (Å²) in [7, 11) is 0. The van der Waals surface area contributed by atoms with E-state index in [0.29, 0.717) is 6.42 Å². The summed E-state index contributed by atoms with van der Waals surface area (Å²) in [6.07, 6.45) is 3.05. The predicted molar refractivity (Wildman–Crippen MR) is 112 cm³/mol. The lowest BCUT2D eigenvalue weighted by Crippen LogP contribution is -2.47. The van der Waals surface area contributed by atoms with Gasteiger partial charge in [0.25, 0.3) is 5.91 Å². The van der Waals surface area contributed by atoms with E-state index < -0.39 is 11.6 Å². The number of benzene rings is 1. The first-order chi connectivity index (χ1) is 13.9. The first-order valence-electron chi connectivity index (χ1n) is 10.0. The summed E-state index contributed by atoms with van der Waals surface area (Å²) in [5.74, 6) is -0.653. The molecule has 0 saturated carbocycles. The number of thiophene rings is 1. The van der Waals surface area contributed by atoms with Gasteiger partial charge in [0.05, 0.1) is 6.04 Å². The number of hydrogen-bond donors (Lipinski definition) is 2. The van der Waals surface area contributed by atoms with E-state index in [1.165, 1.54) is 0 Å². The highest BCUT2D eigenvalue weighted by Crippen LogP contribution is 2.42. The van der Waals surface area contributed by atoms with Gasteiger partial charge in [-0.15, -0.1) is 11.3 Å². The van der Waals surface area contributed by atoms with Crippen molar-refractivity contribution in [1.82, 2.24) is 15.5 Å². The maximum atomic E-state index is 13.2. The van der Waals surface area contributed by atoms with Crippen molar-refractivity contribution in [3.63, 3.8) is 0 Å². The molecule has 152 valence electrons. The van der Waals surface area contributed by atoms with Gasteiger partial charge >= 0.3 is 6.03 Å². The van der Waals surface area contributed by atoms with Crippen LogP contribution in [0.25, 0.3) is 0 Å². The van der Waals surface area contributed by atoms with E-state index in [9.17, 15) is 14.4 Å². The maximum Gasteiger partial charge on any atom is 0.325 e. The largest absolute Gasteiger partial charge is 0.348 e. The van der Waals surface area contributed by atoms with Gasteiger partial charge in [0.2, 0.25) is 5.91 Å². The number of urea groups is 1. The summed E-state index contributed by atoms with van der Waals surface area (Å²) in [6, 6.07) is 9.27. The van der Waals surface area contributed by atoms with Crippen molar-refractivity contribution >= 4 is 29.2 Å². The van der Waals surface area contributed by atoms with Crippen molar-refractivity contribution in [2.24, 2.45) is 0 Å². The number of aryl methyl sites for hydroxylation is 2. The second-order valence-corrected chi connectivity index (χ2v) is 8.78. The number of carbonyl (C=O) groups is 3. The van der Waals surface area contributed by atoms with E-state index in [1.807, 2.05) is 49.6 Å². The number of rotatable bonds is 5. The summed E-state index contributed by atoms with van der Waals surface area (Å²) in [6.45, 7) is 3.74. The van der Waals surface area contributed by atoms with E-state index >= 15 is 0 Å². The number of nitrogens with one attached hydrogen (secondary N) is 2. The molecule has 4 amide bonds. The molecule has 2 atom stereocenters. The minimum Gasteiger partial charge on any atom is -0.348 e. The molecule has 1 aromatic carbocycles. The number of amides is 4. The van der Waals surface area contributed by atoms with Crippen LogP contribution in [0.15, 0.2) is 35.7 Å². The van der Waals surface area contributed by atoms with Crippen molar-refractivity contribution in [2.45, 2.75) is 51.1 Å². The molecule has 7 heteroatoms. The molecule has 2 heterocycles. The topological polar surface area (TPSA) is 78.5 Å². The summed E-state index contributed by atoms with van der Waals surface area (Å²) in [4.78, 5) is 40.7. The molecule has 1 aromatic heterocycles. The van der Waals surface area contributed by atoms with Crippen LogP contribution in [0.1, 0.15) is 53.8 Å². The van der Waals surface area contributed by atoms with Gasteiger partial charge in [0.1, 0.15) is 12.1 Å². The fraction of sp³-hybridized carbons (Fsp3) is 0.409. The molecule has 2 aromatic rings. The van der Waals surface area contributed by atoms with Crippen LogP contribution >= 0.6 is 11.3 Å². The molecule has 1 aliphatic carbocycles. The van der Waals surface area contributed by atoms with Crippen LogP contribution < -0.4 is 10.6 Å². The fourth-order valence-electron chi connectivity index (χ4n) is 4.29. The second-order valence-electron chi connectivity index (χ2n) is 7.78. The zero-order valence-electron chi connectivity index (χ0n) is 16.7. The highest BCUT2D eigenvalue weighted by Gasteiger charge is 2.54. The summed E-state index contributed by atoms with van der Waals surface area (Å²) < 4.78 is 0. The van der Waals surface area contributed by atoms with Crippen LogP contribution in [0.3, 0.4) is 0 Å². The Bertz CT molecular complexity index is 952. The van der Waals surface area contributed by atoms with Gasteiger partial charge in [0.15, 0.2) is 0 Å². The minimum absolute atomic E-state index is 0.156. The van der Waals surface area contributed by atoms with Gasteiger partial charge in [-0.05, 0) is 49.6 Å². The molecule has 0 radical (unpaired) electrons. The Labute approximate surface area is 174 Å². The molecule has 29 heavy (non-hydrogen) atoms. The lowest BCUT2D eigenvalue weighted by atomic mass is 9.80. The molecule has 1 fully saturated rings. The first-order valence-corrected chi connectivity index (χ1v) is 10.9. The summed E-state index contributed by atoms with van der Waals surface area (Å²) in [5, 5.41) is 7.81. The molecule has 1 saturated heterocycles. The quantitative estimate of drug-likeness (QED) is 0.740. The molecule has 0 bridgehead atoms. The van der Waals surface area contributed by atoms with Crippen molar-refractivity contribution in [2.75, 3.05) is 6.54 Å². The van der Waals surface area contributed by atoms with Gasteiger partial charge < -0.3 is 10.6 Å². The molecule has 4 rings (SSSR count). The van der Waals surface area contributed by atoms with Gasteiger partial charge in [-0.25, -0.2) is 4.79 Å². The smallest absolute Gasteiger partial charge is 0.325 e. The molecule has 1 spiro atoms. The van der Waals surface area contributed by atoms with Gasteiger partial charge in [0, 0.05) is 10.4 Å². The van der Waals surface area contributed by atoms with Crippen LogP contribution in [0, 0.1) is 6.92 Å². The highest BCUT2D eigenvalue weighted by atomic mass is 32.1. The van der Waals surface area contributed by atoms with Gasteiger partial charge in [-0.1, -0.05) is 36.8 Å². The Morgan fingerprint density at radius 2 is 2.03 bits per heavy atom. The van der Waals surface area contributed by atoms with Crippen LogP contribution in [0.2, 0.25) is 0 Å². The molecular formula is C22H25N3O3S. The normalized spacial score (nSPS) is 21.8. The third-order valence-electron chi connectivity index (χ3n) is 5.86. The predicted octanol–water partition coefficient (Wildman–Crippen LogP) is 3.41. The standard InChI is InChI=1S/C22H25N3O3S/c1-3-17(15-8-6-14(2)7-9-15)23-19(26)13-25-20(27)22(24-21(25)28)11-4-5-18-16(22)10-12-29-18/h6-10,12,17H,3-5,11,13H2,1-2H3,(H,23,26)(H,24,28)/t17-,22+/m1/s1. The fourth-order valence-corrected chi connectivity index (χ4v) is 5.29. The summed E-state index contributed by atoms with van der Waals surface area (Å²) >= 11 is 1.61. The van der Waals surface area contributed by atoms with Crippen LogP contribution in [-0.4, -0.2) is 29.3 Å². The Kier molecular flexibility index (Phi) is 5.17. The number of fused-ring (bicyclic) bond motifs is 2. The van der Waals surface area contributed by atoms with Crippen molar-refractivity contribution in [1.29, 1.82) is 0 Å². The van der Waals surface area contributed by atoms with Crippen molar-refractivity contribution in [3.8, 4) is 0 Å². The maximum absolute atomic E-state index is 13.2. The molecular weight excluding hydrogens is 386 g/mol. The van der Waals surface area contributed by atoms with E-state index in [-0.39, 0.29) is 24.4 Å². The Hall–Kier alpha value is -2.67. The minimum atomic E-state index is -1.01. The van der Waals surface area contributed by atoms with Crippen molar-refractivity contribution < 1.29 is 14.4 Å². The monoisotopic (exact) mass is 411 g/mol. The van der Waals surface area contributed by atoms with E-state index in [0.717, 1.165) is 45.7 Å². The van der Waals surface area contributed by atoms with Crippen molar-refractivity contribution in [3.05, 3.63) is 57.3 Å². The van der Waals surface area contributed by atoms with Crippen LogP contribution in [0.5, 0.6) is 0 Å². The lowest BCUT2D eigenvalue weighted by molar-refractivity contribution is -0.135. The zero-order valence-corrected chi connectivity index (χ0v) is 17.5. The first kappa shape index (κ1) is 19.6. The van der Waals surface area contributed by atoms with Crippen LogP contribution in [-0.2, 0) is 21.5 Å². The highest BCUT2D eigenvalue weighted by molar-refractivity contribution is 7.10. The molecule has 2 N–H and O–H groups in total. The second kappa shape index (κ2) is 7.63. The van der Waals surface area contributed by atoms with E-state index in [2.05, 4.69) is 10.6 Å².